The summed E-state index contributed by atoms with van der Waals surface area (Å²) in [6.45, 7) is 4.13. The van der Waals surface area contributed by atoms with Crippen LogP contribution in [0.25, 0.3) is 10.6 Å². The van der Waals surface area contributed by atoms with Crippen molar-refractivity contribution in [3.05, 3.63) is 76.8 Å². The maximum Gasteiger partial charge on any atom is 0.228 e. The molecular formula is C23H27Cl2N3OS. The van der Waals surface area contributed by atoms with Crippen molar-refractivity contribution >= 4 is 42.1 Å². The lowest BCUT2D eigenvalue weighted by Crippen LogP contribution is -2.31. The Morgan fingerprint density at radius 1 is 1.10 bits per heavy atom. The topological polar surface area (TPSA) is 59.2 Å². The van der Waals surface area contributed by atoms with Gasteiger partial charge in [-0.1, -0.05) is 60.2 Å². The van der Waals surface area contributed by atoms with Gasteiger partial charge in [-0.05, 0) is 24.9 Å². The number of rotatable bonds is 5. The van der Waals surface area contributed by atoms with Crippen LogP contribution >= 0.6 is 36.2 Å². The molecule has 0 unspecified atom stereocenters. The second kappa shape index (κ2) is 10.9. The van der Waals surface area contributed by atoms with Gasteiger partial charge in [0.05, 0.1) is 12.1 Å². The summed E-state index contributed by atoms with van der Waals surface area (Å²) in [6.07, 6.45) is 0.348. The van der Waals surface area contributed by atoms with Crippen molar-refractivity contribution in [1.82, 2.24) is 9.88 Å². The lowest BCUT2D eigenvalue weighted by Gasteiger charge is -2.16. The van der Waals surface area contributed by atoms with Crippen molar-refractivity contribution in [2.75, 3.05) is 19.6 Å². The summed E-state index contributed by atoms with van der Waals surface area (Å²) in [5.74, 6) is 0.760. The molecule has 1 aliphatic heterocycles. The lowest BCUT2D eigenvalue weighted by atomic mass is 9.89. The molecule has 1 saturated heterocycles. The molecule has 2 heterocycles. The van der Waals surface area contributed by atoms with Crippen LogP contribution in [0.4, 0.5) is 0 Å². The van der Waals surface area contributed by atoms with Gasteiger partial charge in [0.25, 0.3) is 0 Å². The number of amides is 1. The molecule has 0 saturated carbocycles. The van der Waals surface area contributed by atoms with Gasteiger partial charge in [-0.3, -0.25) is 4.79 Å². The summed E-state index contributed by atoms with van der Waals surface area (Å²) < 4.78 is 0. The number of benzene rings is 2. The highest BCUT2D eigenvalue weighted by Gasteiger charge is 2.35. The summed E-state index contributed by atoms with van der Waals surface area (Å²) in [7, 11) is 0. The van der Waals surface area contributed by atoms with Gasteiger partial charge in [0.2, 0.25) is 5.91 Å². The van der Waals surface area contributed by atoms with Crippen LogP contribution in [0, 0.1) is 12.8 Å². The van der Waals surface area contributed by atoms with E-state index < -0.39 is 0 Å². The number of hydrogen-bond acceptors (Lipinski definition) is 4. The van der Waals surface area contributed by atoms with Gasteiger partial charge in [-0.25, -0.2) is 4.98 Å². The molecule has 3 aromatic rings. The number of thiazole rings is 1. The predicted molar refractivity (Wildman–Crippen MR) is 129 cm³/mol. The van der Waals surface area contributed by atoms with Gasteiger partial charge in [0, 0.05) is 30.0 Å². The number of halogens is 2. The van der Waals surface area contributed by atoms with E-state index in [1.807, 2.05) is 16.3 Å². The van der Waals surface area contributed by atoms with Crippen LogP contribution < -0.4 is 5.73 Å². The third-order valence-electron chi connectivity index (χ3n) is 5.51. The summed E-state index contributed by atoms with van der Waals surface area (Å²) in [5, 5.41) is 2.96. The van der Waals surface area contributed by atoms with E-state index in [2.05, 4.69) is 60.4 Å². The van der Waals surface area contributed by atoms with Crippen LogP contribution in [0.15, 0.2) is 60.0 Å². The number of carbonyl (C=O) groups is 1. The summed E-state index contributed by atoms with van der Waals surface area (Å²) in [6, 6.07) is 18.7. The number of nitrogens with zero attached hydrogens (tertiary/aromatic N) is 2. The Morgan fingerprint density at radius 3 is 2.47 bits per heavy atom. The van der Waals surface area contributed by atoms with Gasteiger partial charge in [-0.15, -0.1) is 36.2 Å². The molecule has 1 amide bonds. The second-order valence-corrected chi connectivity index (χ2v) is 8.36. The molecule has 4 rings (SSSR count). The average molecular weight is 464 g/mol. The summed E-state index contributed by atoms with van der Waals surface area (Å²) in [5.41, 5.74) is 10.4. The highest BCUT2D eigenvalue weighted by molar-refractivity contribution is 7.13. The fraction of sp³-hybridized carbons (Fsp3) is 0.304. The largest absolute Gasteiger partial charge is 0.341 e. The number of hydrogen-bond donors (Lipinski definition) is 1. The number of carbonyl (C=O) groups excluding carboxylic acids is 1. The maximum atomic E-state index is 12.9. The van der Waals surface area contributed by atoms with E-state index in [1.165, 1.54) is 11.1 Å². The van der Waals surface area contributed by atoms with Crippen molar-refractivity contribution in [1.29, 1.82) is 0 Å². The first-order chi connectivity index (χ1) is 13.6. The fourth-order valence-corrected chi connectivity index (χ4v) is 4.70. The maximum absolute atomic E-state index is 12.9. The molecule has 1 aliphatic rings. The molecule has 1 fully saturated rings. The molecular weight excluding hydrogens is 437 g/mol. The molecule has 2 N–H and O–H groups in total. The molecule has 0 aliphatic carbocycles. The van der Waals surface area contributed by atoms with Gasteiger partial charge >= 0.3 is 0 Å². The zero-order valence-corrected chi connectivity index (χ0v) is 19.3. The smallest absolute Gasteiger partial charge is 0.228 e. The third-order valence-corrected chi connectivity index (χ3v) is 6.45. The highest BCUT2D eigenvalue weighted by Crippen LogP contribution is 2.32. The first-order valence-electron chi connectivity index (χ1n) is 9.68. The second-order valence-electron chi connectivity index (χ2n) is 7.50. The Balaban J connectivity index is 0.00000160. The third kappa shape index (κ3) is 5.41. The lowest BCUT2D eigenvalue weighted by molar-refractivity contribution is -0.129. The minimum absolute atomic E-state index is 0. The zero-order valence-electron chi connectivity index (χ0n) is 16.9. The van der Waals surface area contributed by atoms with E-state index in [-0.39, 0.29) is 30.7 Å². The average Bonchev–Trinajstić information content (AvgIpc) is 3.36. The molecule has 0 spiro atoms. The van der Waals surface area contributed by atoms with Crippen molar-refractivity contribution in [3.63, 3.8) is 0 Å². The van der Waals surface area contributed by atoms with Crippen LogP contribution in [-0.2, 0) is 11.2 Å². The summed E-state index contributed by atoms with van der Waals surface area (Å²) >= 11 is 1.59. The van der Waals surface area contributed by atoms with E-state index in [9.17, 15) is 4.79 Å². The van der Waals surface area contributed by atoms with Crippen LogP contribution in [0.3, 0.4) is 0 Å². The van der Waals surface area contributed by atoms with Crippen molar-refractivity contribution in [3.8, 4) is 10.6 Å². The summed E-state index contributed by atoms with van der Waals surface area (Å²) in [4.78, 5) is 19.5. The molecule has 30 heavy (non-hydrogen) atoms. The Labute approximate surface area is 194 Å². The first-order valence-corrected chi connectivity index (χ1v) is 10.6. The minimum atomic E-state index is 0. The van der Waals surface area contributed by atoms with E-state index in [0.29, 0.717) is 24.8 Å². The Hall–Kier alpha value is -1.92. The normalized spacial score (nSPS) is 17.9. The van der Waals surface area contributed by atoms with Gasteiger partial charge in [0.15, 0.2) is 0 Å². The number of aryl methyl sites for hydroxylation is 1. The Bertz CT molecular complexity index is 947. The number of likely N-dealkylation sites (tertiary alicyclic amines) is 1. The van der Waals surface area contributed by atoms with Crippen LogP contribution in [0.1, 0.15) is 22.7 Å². The SMILES string of the molecule is Cc1ccc(-c2nc(CC(=O)N3C[C@@H](CN)[C@H](c4ccccc4)C3)cs2)cc1.Cl.Cl. The number of aromatic nitrogens is 1. The quantitative estimate of drug-likeness (QED) is 0.595. The Morgan fingerprint density at radius 2 is 1.80 bits per heavy atom. The van der Waals surface area contributed by atoms with E-state index in [0.717, 1.165) is 29.4 Å². The van der Waals surface area contributed by atoms with Gasteiger partial charge in [0.1, 0.15) is 5.01 Å². The van der Waals surface area contributed by atoms with Crippen molar-refractivity contribution in [2.45, 2.75) is 19.3 Å². The van der Waals surface area contributed by atoms with Crippen molar-refractivity contribution in [2.24, 2.45) is 11.7 Å². The monoisotopic (exact) mass is 463 g/mol. The van der Waals surface area contributed by atoms with E-state index >= 15 is 0 Å². The van der Waals surface area contributed by atoms with Crippen LogP contribution in [0.5, 0.6) is 0 Å². The highest BCUT2D eigenvalue weighted by atomic mass is 35.5. The molecule has 160 valence electrons. The van der Waals surface area contributed by atoms with Crippen LogP contribution in [-0.4, -0.2) is 35.4 Å². The van der Waals surface area contributed by atoms with Crippen LogP contribution in [0.2, 0.25) is 0 Å². The van der Waals surface area contributed by atoms with E-state index in [4.69, 9.17) is 5.73 Å². The molecule has 0 bridgehead atoms. The molecule has 0 radical (unpaired) electrons. The van der Waals surface area contributed by atoms with Crippen molar-refractivity contribution < 1.29 is 4.79 Å². The zero-order chi connectivity index (χ0) is 19.5. The number of nitrogens with two attached hydrogens (primary N) is 1. The molecule has 2 atom stereocenters. The molecule has 4 nitrogen and oxygen atoms in total. The standard InChI is InChI=1S/C23H25N3OS.2ClH/c1-16-7-9-18(10-8-16)23-25-20(15-28-23)11-22(27)26-13-19(12-24)21(14-26)17-5-3-2-4-6-17;;/h2-10,15,19,21H,11-14,24H2,1H3;2*1H/t19-,21+;;/m1../s1. The predicted octanol–water partition coefficient (Wildman–Crippen LogP) is 4.71. The first kappa shape index (κ1) is 24.4. The Kier molecular flexibility index (Phi) is 8.86. The molecule has 2 aromatic carbocycles. The van der Waals surface area contributed by atoms with Gasteiger partial charge < -0.3 is 10.6 Å². The molecule has 7 heteroatoms. The van der Waals surface area contributed by atoms with E-state index in [1.54, 1.807) is 11.3 Å². The fourth-order valence-electron chi connectivity index (χ4n) is 3.88. The van der Waals surface area contributed by atoms with Gasteiger partial charge in [-0.2, -0.15) is 0 Å². The molecule has 1 aromatic heterocycles. The minimum Gasteiger partial charge on any atom is -0.341 e.